The van der Waals surface area contributed by atoms with Crippen LogP contribution in [0.1, 0.15) is 15.9 Å². The van der Waals surface area contributed by atoms with Gasteiger partial charge in [0.1, 0.15) is 0 Å². The summed E-state index contributed by atoms with van der Waals surface area (Å²) in [6.45, 7) is 4.44. The molecule has 0 bridgehead atoms. The van der Waals surface area contributed by atoms with Crippen LogP contribution in [0, 0.1) is 11.3 Å². The van der Waals surface area contributed by atoms with E-state index in [1.807, 2.05) is 6.07 Å². The molecular formula is C14H17N3O3. The molecule has 1 amide bonds. The molecule has 6 nitrogen and oxygen atoms in total. The Balaban J connectivity index is 1.70. The number of morpholine rings is 1. The van der Waals surface area contributed by atoms with Crippen molar-refractivity contribution in [3.63, 3.8) is 0 Å². The smallest absolute Gasteiger partial charge is 0.274 e. The first kappa shape index (κ1) is 14.5. The first-order chi connectivity index (χ1) is 9.79. The molecule has 0 saturated carbocycles. The molecule has 1 saturated heterocycles. The van der Waals surface area contributed by atoms with Crippen molar-refractivity contribution in [2.75, 3.05) is 39.5 Å². The molecule has 2 rings (SSSR count). The maximum atomic E-state index is 11.8. The van der Waals surface area contributed by atoms with E-state index in [9.17, 15) is 4.79 Å². The summed E-state index contributed by atoms with van der Waals surface area (Å²) in [5, 5.41) is 8.77. The number of nitriles is 1. The van der Waals surface area contributed by atoms with Gasteiger partial charge in [0, 0.05) is 25.2 Å². The molecule has 0 spiro atoms. The Morgan fingerprint density at radius 2 is 2.25 bits per heavy atom. The molecule has 1 aliphatic rings. The van der Waals surface area contributed by atoms with Crippen LogP contribution in [-0.4, -0.2) is 50.3 Å². The highest BCUT2D eigenvalue weighted by atomic mass is 16.7. The van der Waals surface area contributed by atoms with Gasteiger partial charge < -0.3 is 4.74 Å². The molecule has 1 aromatic carbocycles. The molecule has 1 N–H and O–H groups in total. The number of hydrogen-bond acceptors (Lipinski definition) is 5. The Morgan fingerprint density at radius 1 is 1.45 bits per heavy atom. The molecule has 0 atom stereocenters. The highest BCUT2D eigenvalue weighted by Crippen LogP contribution is 2.03. The van der Waals surface area contributed by atoms with Gasteiger partial charge in [0.05, 0.1) is 31.5 Å². The van der Waals surface area contributed by atoms with Gasteiger partial charge in [-0.15, -0.1) is 0 Å². The second-order valence-electron chi connectivity index (χ2n) is 4.43. The van der Waals surface area contributed by atoms with E-state index in [2.05, 4.69) is 10.4 Å². The zero-order chi connectivity index (χ0) is 14.2. The SMILES string of the molecule is N#Cc1cccc(C(=O)NOCCN2CCOCC2)c1. The van der Waals surface area contributed by atoms with Crippen molar-refractivity contribution in [1.29, 1.82) is 5.26 Å². The zero-order valence-electron chi connectivity index (χ0n) is 11.2. The third-order valence-electron chi connectivity index (χ3n) is 3.03. The average molecular weight is 275 g/mol. The quantitative estimate of drug-likeness (QED) is 0.627. The van der Waals surface area contributed by atoms with E-state index >= 15 is 0 Å². The van der Waals surface area contributed by atoms with Gasteiger partial charge >= 0.3 is 0 Å². The van der Waals surface area contributed by atoms with Crippen molar-refractivity contribution >= 4 is 5.91 Å². The van der Waals surface area contributed by atoms with Gasteiger partial charge in [0.2, 0.25) is 0 Å². The van der Waals surface area contributed by atoms with Gasteiger partial charge in [-0.2, -0.15) is 5.26 Å². The summed E-state index contributed by atoms with van der Waals surface area (Å²) in [4.78, 5) is 19.2. The predicted molar refractivity (Wildman–Crippen MR) is 71.8 cm³/mol. The monoisotopic (exact) mass is 275 g/mol. The lowest BCUT2D eigenvalue weighted by Crippen LogP contribution is -2.39. The molecule has 0 aromatic heterocycles. The standard InChI is InChI=1S/C14H17N3O3/c15-11-12-2-1-3-13(10-12)14(18)16-20-9-6-17-4-7-19-8-5-17/h1-3,10H,4-9H2,(H,16,18). The van der Waals surface area contributed by atoms with Crippen LogP contribution < -0.4 is 5.48 Å². The van der Waals surface area contributed by atoms with E-state index in [0.29, 0.717) is 17.7 Å². The summed E-state index contributed by atoms with van der Waals surface area (Å²) in [5.74, 6) is -0.343. The van der Waals surface area contributed by atoms with E-state index in [1.165, 1.54) is 6.07 Å². The minimum Gasteiger partial charge on any atom is -0.379 e. The van der Waals surface area contributed by atoms with Crippen molar-refractivity contribution < 1.29 is 14.4 Å². The minimum absolute atomic E-state index is 0.343. The van der Waals surface area contributed by atoms with Crippen LogP contribution in [-0.2, 0) is 9.57 Å². The summed E-state index contributed by atoms with van der Waals surface area (Å²) >= 11 is 0. The van der Waals surface area contributed by atoms with Crippen LogP contribution in [0.25, 0.3) is 0 Å². The molecule has 1 heterocycles. The molecule has 1 fully saturated rings. The molecule has 0 radical (unpaired) electrons. The van der Waals surface area contributed by atoms with Crippen LogP contribution in [0.15, 0.2) is 24.3 Å². The van der Waals surface area contributed by atoms with Crippen LogP contribution in [0.4, 0.5) is 0 Å². The second-order valence-corrected chi connectivity index (χ2v) is 4.43. The maximum Gasteiger partial charge on any atom is 0.274 e. The first-order valence-corrected chi connectivity index (χ1v) is 6.52. The highest BCUT2D eigenvalue weighted by molar-refractivity contribution is 5.93. The Kier molecular flexibility index (Phi) is 5.50. The largest absolute Gasteiger partial charge is 0.379 e. The molecule has 1 aliphatic heterocycles. The number of hydrogen-bond donors (Lipinski definition) is 1. The Bertz CT molecular complexity index is 493. The fourth-order valence-electron chi connectivity index (χ4n) is 1.90. The summed E-state index contributed by atoms with van der Waals surface area (Å²) in [6, 6.07) is 8.48. The van der Waals surface area contributed by atoms with Crippen LogP contribution in [0.5, 0.6) is 0 Å². The molecule has 20 heavy (non-hydrogen) atoms. The third-order valence-corrected chi connectivity index (χ3v) is 3.03. The van der Waals surface area contributed by atoms with Crippen molar-refractivity contribution in [3.05, 3.63) is 35.4 Å². The lowest BCUT2D eigenvalue weighted by Gasteiger charge is -2.26. The number of ether oxygens (including phenoxy) is 1. The van der Waals surface area contributed by atoms with E-state index in [-0.39, 0.29) is 5.91 Å². The van der Waals surface area contributed by atoms with Crippen LogP contribution >= 0.6 is 0 Å². The summed E-state index contributed by atoms with van der Waals surface area (Å²) in [6.07, 6.45) is 0. The molecular weight excluding hydrogens is 258 g/mol. The summed E-state index contributed by atoms with van der Waals surface area (Å²) in [7, 11) is 0. The van der Waals surface area contributed by atoms with Crippen molar-refractivity contribution in [2.45, 2.75) is 0 Å². The summed E-state index contributed by atoms with van der Waals surface area (Å²) in [5.41, 5.74) is 3.25. The van der Waals surface area contributed by atoms with Gasteiger partial charge in [-0.25, -0.2) is 5.48 Å². The number of amides is 1. The molecule has 106 valence electrons. The fourth-order valence-corrected chi connectivity index (χ4v) is 1.90. The van der Waals surface area contributed by atoms with Gasteiger partial charge in [0.15, 0.2) is 0 Å². The van der Waals surface area contributed by atoms with Gasteiger partial charge in [-0.05, 0) is 18.2 Å². The van der Waals surface area contributed by atoms with Gasteiger partial charge in [-0.1, -0.05) is 6.07 Å². The fraction of sp³-hybridized carbons (Fsp3) is 0.429. The van der Waals surface area contributed by atoms with E-state index in [0.717, 1.165) is 32.8 Å². The predicted octanol–water partition coefficient (Wildman–Crippen LogP) is 0.552. The first-order valence-electron chi connectivity index (χ1n) is 6.52. The van der Waals surface area contributed by atoms with E-state index < -0.39 is 0 Å². The number of carbonyl (C=O) groups excluding carboxylic acids is 1. The van der Waals surface area contributed by atoms with Crippen LogP contribution in [0.3, 0.4) is 0 Å². The topological polar surface area (TPSA) is 74.6 Å². The number of benzene rings is 1. The Morgan fingerprint density at radius 3 is 3.00 bits per heavy atom. The molecule has 0 unspecified atom stereocenters. The summed E-state index contributed by atoms with van der Waals surface area (Å²) < 4.78 is 5.25. The Hall–Kier alpha value is -1.94. The minimum atomic E-state index is -0.343. The highest BCUT2D eigenvalue weighted by Gasteiger charge is 2.10. The number of rotatable bonds is 5. The zero-order valence-corrected chi connectivity index (χ0v) is 11.2. The van der Waals surface area contributed by atoms with Crippen molar-refractivity contribution in [3.8, 4) is 6.07 Å². The van der Waals surface area contributed by atoms with Gasteiger partial charge in [-0.3, -0.25) is 14.5 Å². The lowest BCUT2D eigenvalue weighted by molar-refractivity contribution is -0.00177. The van der Waals surface area contributed by atoms with Crippen molar-refractivity contribution in [1.82, 2.24) is 10.4 Å². The normalized spacial score (nSPS) is 15.6. The molecule has 0 aliphatic carbocycles. The molecule has 1 aromatic rings. The lowest BCUT2D eigenvalue weighted by atomic mass is 10.1. The maximum absolute atomic E-state index is 11.8. The van der Waals surface area contributed by atoms with E-state index in [1.54, 1.807) is 18.2 Å². The average Bonchev–Trinajstić information content (AvgIpc) is 2.52. The van der Waals surface area contributed by atoms with Crippen molar-refractivity contribution in [2.24, 2.45) is 0 Å². The number of nitrogens with zero attached hydrogens (tertiary/aromatic N) is 2. The van der Waals surface area contributed by atoms with Gasteiger partial charge in [0.25, 0.3) is 5.91 Å². The number of hydroxylamine groups is 1. The molecule has 6 heteroatoms. The van der Waals surface area contributed by atoms with Crippen LogP contribution in [0.2, 0.25) is 0 Å². The Labute approximate surface area is 117 Å². The second kappa shape index (κ2) is 7.60. The van der Waals surface area contributed by atoms with E-state index in [4.69, 9.17) is 14.8 Å². The number of nitrogens with one attached hydrogen (secondary N) is 1. The number of carbonyl (C=O) groups is 1. The third kappa shape index (κ3) is 4.31.